The lowest BCUT2D eigenvalue weighted by molar-refractivity contribution is 0.315. The molecule has 19 heavy (non-hydrogen) atoms. The first-order valence-electron chi connectivity index (χ1n) is 6.31. The Kier molecular flexibility index (Phi) is 4.32. The third-order valence-electron chi connectivity index (χ3n) is 3.50. The Labute approximate surface area is 122 Å². The second-order valence-corrected chi connectivity index (χ2v) is 7.86. The maximum Gasteiger partial charge on any atom is 0.244 e. The Morgan fingerprint density at radius 3 is 2.68 bits per heavy atom. The zero-order chi connectivity index (χ0) is 14.2. The quantitative estimate of drug-likeness (QED) is 0.838. The van der Waals surface area contributed by atoms with Crippen LogP contribution in [0.4, 0.5) is 4.39 Å². The van der Waals surface area contributed by atoms with Gasteiger partial charge in [0.05, 0.1) is 4.90 Å². The number of hydrogen-bond donors (Lipinski definition) is 0. The standard InChI is InChI=1S/C13H17BrFNO2S/c1-9(2)12-4-3-7-16(12)19(17,18)13-6-5-10(15)8-11(13)14/h5-6,8-9,12H,3-4,7H2,1-2H3. The third kappa shape index (κ3) is 2.85. The minimum Gasteiger partial charge on any atom is -0.207 e. The molecule has 2 rings (SSSR count). The van der Waals surface area contributed by atoms with Crippen molar-refractivity contribution in [2.24, 2.45) is 5.92 Å². The van der Waals surface area contributed by atoms with Crippen molar-refractivity contribution in [1.82, 2.24) is 4.31 Å². The van der Waals surface area contributed by atoms with Gasteiger partial charge in [-0.15, -0.1) is 0 Å². The number of sulfonamides is 1. The first-order valence-corrected chi connectivity index (χ1v) is 8.54. The van der Waals surface area contributed by atoms with Crippen molar-refractivity contribution in [3.8, 4) is 0 Å². The van der Waals surface area contributed by atoms with E-state index in [9.17, 15) is 12.8 Å². The van der Waals surface area contributed by atoms with Crippen molar-refractivity contribution in [2.75, 3.05) is 6.54 Å². The highest BCUT2D eigenvalue weighted by Crippen LogP contribution is 2.33. The Bertz CT molecular complexity index is 574. The van der Waals surface area contributed by atoms with Gasteiger partial charge in [-0.25, -0.2) is 12.8 Å². The average Bonchev–Trinajstić information content (AvgIpc) is 2.77. The van der Waals surface area contributed by atoms with Gasteiger partial charge >= 0.3 is 0 Å². The fourth-order valence-electron chi connectivity index (χ4n) is 2.54. The van der Waals surface area contributed by atoms with E-state index in [1.165, 1.54) is 18.2 Å². The summed E-state index contributed by atoms with van der Waals surface area (Å²) in [5.74, 6) is -0.177. The van der Waals surface area contributed by atoms with Crippen LogP contribution in [0.5, 0.6) is 0 Å². The maximum atomic E-state index is 13.1. The molecule has 1 fully saturated rings. The van der Waals surface area contributed by atoms with Crippen LogP contribution in [0.2, 0.25) is 0 Å². The SMILES string of the molecule is CC(C)C1CCCN1S(=O)(=O)c1ccc(F)cc1Br. The van der Waals surface area contributed by atoms with Crippen LogP contribution in [0.1, 0.15) is 26.7 Å². The van der Waals surface area contributed by atoms with Crippen LogP contribution in [0.25, 0.3) is 0 Å². The Balaban J connectivity index is 2.42. The second-order valence-electron chi connectivity index (χ2n) is 5.14. The van der Waals surface area contributed by atoms with E-state index in [0.717, 1.165) is 12.8 Å². The van der Waals surface area contributed by atoms with Gasteiger partial charge in [0.15, 0.2) is 0 Å². The molecule has 0 aliphatic carbocycles. The molecular weight excluding hydrogens is 333 g/mol. The third-order valence-corrected chi connectivity index (χ3v) is 6.40. The summed E-state index contributed by atoms with van der Waals surface area (Å²) in [6.07, 6.45) is 1.76. The Morgan fingerprint density at radius 2 is 2.11 bits per heavy atom. The van der Waals surface area contributed by atoms with Gasteiger partial charge in [-0.05, 0) is 52.9 Å². The van der Waals surface area contributed by atoms with Crippen LogP contribution in [0.15, 0.2) is 27.6 Å². The molecule has 0 spiro atoms. The molecule has 0 aromatic heterocycles. The summed E-state index contributed by atoms with van der Waals surface area (Å²) in [6.45, 7) is 4.59. The van der Waals surface area contributed by atoms with Crippen LogP contribution < -0.4 is 0 Å². The molecule has 6 heteroatoms. The molecule has 1 aromatic rings. The summed E-state index contributed by atoms with van der Waals surface area (Å²) in [7, 11) is -3.56. The molecule has 1 aromatic carbocycles. The lowest BCUT2D eigenvalue weighted by atomic mass is 10.0. The van der Waals surface area contributed by atoms with Gasteiger partial charge in [-0.2, -0.15) is 4.31 Å². The van der Waals surface area contributed by atoms with Gasteiger partial charge in [-0.3, -0.25) is 0 Å². The van der Waals surface area contributed by atoms with E-state index < -0.39 is 15.8 Å². The van der Waals surface area contributed by atoms with Crippen LogP contribution >= 0.6 is 15.9 Å². The molecule has 1 aliphatic rings. The summed E-state index contributed by atoms with van der Waals surface area (Å²) < 4.78 is 40.2. The molecule has 1 aliphatic heterocycles. The lowest BCUT2D eigenvalue weighted by Crippen LogP contribution is -2.38. The minimum atomic E-state index is -3.56. The Morgan fingerprint density at radius 1 is 1.42 bits per heavy atom. The molecule has 0 bridgehead atoms. The predicted octanol–water partition coefficient (Wildman–Crippen LogP) is 3.40. The predicted molar refractivity (Wildman–Crippen MR) is 75.9 cm³/mol. The molecule has 106 valence electrons. The van der Waals surface area contributed by atoms with E-state index in [4.69, 9.17) is 0 Å². The van der Waals surface area contributed by atoms with E-state index in [2.05, 4.69) is 15.9 Å². The topological polar surface area (TPSA) is 37.4 Å². The summed E-state index contributed by atoms with van der Waals surface area (Å²) in [5.41, 5.74) is 0. The number of rotatable bonds is 3. The number of benzene rings is 1. The van der Waals surface area contributed by atoms with E-state index in [0.29, 0.717) is 6.54 Å². The van der Waals surface area contributed by atoms with Crippen LogP contribution in [-0.2, 0) is 10.0 Å². The van der Waals surface area contributed by atoms with E-state index in [1.54, 1.807) is 4.31 Å². The van der Waals surface area contributed by atoms with Crippen molar-refractivity contribution in [3.05, 3.63) is 28.5 Å². The Hall–Kier alpha value is -0.460. The summed E-state index contributed by atoms with van der Waals surface area (Å²) in [6, 6.07) is 3.72. The van der Waals surface area contributed by atoms with Gasteiger partial charge in [0.1, 0.15) is 5.82 Å². The van der Waals surface area contributed by atoms with Gasteiger partial charge in [0, 0.05) is 17.1 Å². The van der Waals surface area contributed by atoms with Crippen molar-refractivity contribution >= 4 is 26.0 Å². The first kappa shape index (κ1) is 14.9. The zero-order valence-corrected chi connectivity index (χ0v) is 13.3. The normalized spacial score (nSPS) is 21.2. The highest BCUT2D eigenvalue weighted by atomic mass is 79.9. The van der Waals surface area contributed by atoms with Crippen LogP contribution in [-0.4, -0.2) is 25.3 Å². The van der Waals surface area contributed by atoms with E-state index >= 15 is 0 Å². The van der Waals surface area contributed by atoms with Crippen molar-refractivity contribution in [3.63, 3.8) is 0 Å². The summed E-state index contributed by atoms with van der Waals surface area (Å²) in [5, 5.41) is 0. The van der Waals surface area contributed by atoms with Crippen molar-refractivity contribution in [2.45, 2.75) is 37.6 Å². The average molecular weight is 350 g/mol. The molecule has 1 heterocycles. The van der Waals surface area contributed by atoms with Crippen molar-refractivity contribution < 1.29 is 12.8 Å². The zero-order valence-electron chi connectivity index (χ0n) is 10.9. The highest BCUT2D eigenvalue weighted by Gasteiger charge is 2.37. The molecule has 3 nitrogen and oxygen atoms in total. The minimum absolute atomic E-state index is 0.0296. The van der Waals surface area contributed by atoms with Gasteiger partial charge in [0.2, 0.25) is 10.0 Å². The van der Waals surface area contributed by atoms with E-state index in [1.807, 2.05) is 13.8 Å². The van der Waals surface area contributed by atoms with E-state index in [-0.39, 0.29) is 21.3 Å². The molecule has 1 atom stereocenters. The van der Waals surface area contributed by atoms with Crippen LogP contribution in [0, 0.1) is 11.7 Å². The molecule has 0 N–H and O–H groups in total. The fraction of sp³-hybridized carbons (Fsp3) is 0.538. The number of hydrogen-bond acceptors (Lipinski definition) is 2. The maximum absolute atomic E-state index is 13.1. The molecular formula is C13H17BrFNO2S. The number of nitrogens with zero attached hydrogens (tertiary/aromatic N) is 1. The molecule has 0 radical (unpaired) electrons. The van der Waals surface area contributed by atoms with Crippen molar-refractivity contribution in [1.29, 1.82) is 0 Å². The first-order chi connectivity index (χ1) is 8.84. The monoisotopic (exact) mass is 349 g/mol. The van der Waals surface area contributed by atoms with Gasteiger partial charge < -0.3 is 0 Å². The molecule has 1 saturated heterocycles. The smallest absolute Gasteiger partial charge is 0.207 e. The van der Waals surface area contributed by atoms with Gasteiger partial charge in [-0.1, -0.05) is 13.8 Å². The lowest BCUT2D eigenvalue weighted by Gasteiger charge is -2.27. The second kappa shape index (κ2) is 5.50. The fourth-order valence-corrected chi connectivity index (χ4v) is 5.38. The summed E-state index contributed by atoms with van der Waals surface area (Å²) >= 11 is 3.14. The van der Waals surface area contributed by atoms with Gasteiger partial charge in [0.25, 0.3) is 0 Å². The van der Waals surface area contributed by atoms with Crippen LogP contribution in [0.3, 0.4) is 0 Å². The highest BCUT2D eigenvalue weighted by molar-refractivity contribution is 9.10. The summed E-state index contributed by atoms with van der Waals surface area (Å²) in [4.78, 5) is 0.140. The molecule has 0 amide bonds. The molecule has 0 saturated carbocycles. The molecule has 1 unspecified atom stereocenters. The largest absolute Gasteiger partial charge is 0.244 e. The number of halogens is 2.